The number of hydrogen-bond donors (Lipinski definition) is 3. The normalized spacial score (nSPS) is 10.9. The Kier molecular flexibility index (Phi) is 8.91. The first-order valence-electron chi connectivity index (χ1n) is 12.1. The standard InChI is InChI=1S/C28H29N3O7/c1-19-15-23(26(33)29-11-13-36-14-12-32)7-10-25(19)22-4-2-3-21(16-22)18-37-24-8-5-20(6-9-24)17-31-27(34)30-28(35)38-31/h2-10,15-16,32H,11-14,17-18H2,1H3,(H,29,33)(H,30,34,35). The molecule has 0 spiro atoms. The minimum absolute atomic E-state index is 0.0443. The Morgan fingerprint density at radius 1 is 1.03 bits per heavy atom. The van der Waals surface area contributed by atoms with Gasteiger partial charge in [0.15, 0.2) is 0 Å². The Morgan fingerprint density at radius 3 is 2.55 bits per heavy atom. The van der Waals surface area contributed by atoms with Crippen LogP contribution in [-0.2, 0) is 17.9 Å². The van der Waals surface area contributed by atoms with Gasteiger partial charge in [-0.05, 0) is 65.1 Å². The van der Waals surface area contributed by atoms with Crippen LogP contribution in [0.15, 0.2) is 80.8 Å². The van der Waals surface area contributed by atoms with E-state index in [1.807, 2.05) is 42.2 Å². The average Bonchev–Trinajstić information content (AvgIpc) is 3.24. The molecule has 1 amide bonds. The second-order valence-electron chi connectivity index (χ2n) is 8.60. The Hall–Kier alpha value is -4.41. The lowest BCUT2D eigenvalue weighted by Crippen LogP contribution is -2.27. The van der Waals surface area contributed by atoms with Gasteiger partial charge in [-0.1, -0.05) is 36.4 Å². The molecule has 0 aliphatic heterocycles. The second-order valence-corrected chi connectivity index (χ2v) is 8.60. The number of aromatic nitrogens is 2. The Morgan fingerprint density at radius 2 is 1.84 bits per heavy atom. The van der Waals surface area contributed by atoms with Crippen LogP contribution >= 0.6 is 0 Å². The van der Waals surface area contributed by atoms with Crippen molar-refractivity contribution in [2.45, 2.75) is 20.1 Å². The monoisotopic (exact) mass is 519 g/mol. The highest BCUT2D eigenvalue weighted by Gasteiger charge is 2.10. The van der Waals surface area contributed by atoms with Crippen LogP contribution in [0.3, 0.4) is 0 Å². The number of aryl methyl sites for hydroxylation is 1. The van der Waals surface area contributed by atoms with Crippen molar-refractivity contribution in [2.24, 2.45) is 0 Å². The van der Waals surface area contributed by atoms with Gasteiger partial charge in [-0.25, -0.2) is 14.6 Å². The SMILES string of the molecule is Cc1cc(C(=O)NCCOCCO)ccc1-c1cccc(COc2ccc(Cn3oc(=O)[nH]c3=O)cc2)c1. The topological polar surface area (TPSA) is 136 Å². The van der Waals surface area contributed by atoms with Gasteiger partial charge < -0.3 is 24.4 Å². The minimum Gasteiger partial charge on any atom is -0.489 e. The molecule has 1 aromatic heterocycles. The molecular weight excluding hydrogens is 490 g/mol. The lowest BCUT2D eigenvalue weighted by Gasteiger charge is -2.12. The molecular formula is C28H29N3O7. The number of carbonyl (C=O) groups excluding carboxylic acids is 1. The van der Waals surface area contributed by atoms with Crippen molar-refractivity contribution in [2.75, 3.05) is 26.4 Å². The van der Waals surface area contributed by atoms with Crippen LogP contribution in [0.25, 0.3) is 11.1 Å². The molecule has 3 aromatic carbocycles. The molecule has 0 atom stereocenters. The average molecular weight is 520 g/mol. The van der Waals surface area contributed by atoms with Gasteiger partial charge >= 0.3 is 11.4 Å². The highest BCUT2D eigenvalue weighted by molar-refractivity contribution is 5.95. The first-order chi connectivity index (χ1) is 18.4. The van der Waals surface area contributed by atoms with Gasteiger partial charge in [0.05, 0.1) is 26.4 Å². The second kappa shape index (κ2) is 12.7. The van der Waals surface area contributed by atoms with Crippen molar-refractivity contribution in [3.8, 4) is 16.9 Å². The van der Waals surface area contributed by atoms with E-state index in [-0.39, 0.29) is 25.7 Å². The van der Waals surface area contributed by atoms with E-state index in [0.29, 0.717) is 31.1 Å². The number of amides is 1. The van der Waals surface area contributed by atoms with Crippen molar-refractivity contribution in [1.82, 2.24) is 15.0 Å². The van der Waals surface area contributed by atoms with E-state index in [2.05, 4.69) is 11.4 Å². The molecule has 0 radical (unpaired) electrons. The van der Waals surface area contributed by atoms with Gasteiger partial charge in [-0.3, -0.25) is 4.79 Å². The summed E-state index contributed by atoms with van der Waals surface area (Å²) < 4.78 is 16.8. The molecule has 3 N–H and O–H groups in total. The zero-order chi connectivity index (χ0) is 26.9. The third kappa shape index (κ3) is 7.09. The predicted octanol–water partition coefficient (Wildman–Crippen LogP) is 2.47. The third-order valence-electron chi connectivity index (χ3n) is 5.78. The molecule has 10 nitrogen and oxygen atoms in total. The van der Waals surface area contributed by atoms with Gasteiger partial charge in [0.1, 0.15) is 12.4 Å². The molecule has 0 aliphatic rings. The molecule has 0 unspecified atom stereocenters. The molecule has 1 heterocycles. The van der Waals surface area contributed by atoms with E-state index >= 15 is 0 Å². The van der Waals surface area contributed by atoms with Crippen molar-refractivity contribution < 1.29 is 23.9 Å². The Labute approximate surface area is 218 Å². The summed E-state index contributed by atoms with van der Waals surface area (Å²) in [4.78, 5) is 37.2. The van der Waals surface area contributed by atoms with Crippen LogP contribution in [0, 0.1) is 6.92 Å². The van der Waals surface area contributed by atoms with Crippen LogP contribution in [0.1, 0.15) is 27.0 Å². The number of aliphatic hydroxyl groups excluding tert-OH is 1. The minimum atomic E-state index is -0.786. The molecule has 0 saturated heterocycles. The van der Waals surface area contributed by atoms with Crippen molar-refractivity contribution >= 4 is 5.91 Å². The fourth-order valence-electron chi connectivity index (χ4n) is 3.90. The zero-order valence-electron chi connectivity index (χ0n) is 20.9. The number of benzene rings is 3. The number of ether oxygens (including phenoxy) is 2. The summed E-state index contributed by atoms with van der Waals surface area (Å²) in [7, 11) is 0. The summed E-state index contributed by atoms with van der Waals surface area (Å²) in [6.07, 6.45) is 0. The fourth-order valence-corrected chi connectivity index (χ4v) is 3.90. The fraction of sp³-hybridized carbons (Fsp3) is 0.250. The maximum Gasteiger partial charge on any atom is 0.440 e. The number of hydrogen-bond acceptors (Lipinski definition) is 7. The maximum atomic E-state index is 12.4. The summed E-state index contributed by atoms with van der Waals surface area (Å²) in [6, 6.07) is 20.8. The first-order valence-corrected chi connectivity index (χ1v) is 12.1. The Balaban J connectivity index is 1.35. The van der Waals surface area contributed by atoms with E-state index in [1.165, 1.54) is 0 Å². The molecule has 0 fully saturated rings. The summed E-state index contributed by atoms with van der Waals surface area (Å²) in [5, 5.41) is 11.5. The molecule has 38 heavy (non-hydrogen) atoms. The smallest absolute Gasteiger partial charge is 0.440 e. The molecule has 198 valence electrons. The van der Waals surface area contributed by atoms with Crippen LogP contribution in [0.2, 0.25) is 0 Å². The van der Waals surface area contributed by atoms with Gasteiger partial charge in [-0.2, -0.15) is 0 Å². The zero-order valence-corrected chi connectivity index (χ0v) is 20.9. The summed E-state index contributed by atoms with van der Waals surface area (Å²) in [6.45, 7) is 3.38. The number of aliphatic hydroxyl groups is 1. The number of rotatable bonds is 12. The summed E-state index contributed by atoms with van der Waals surface area (Å²) in [5.74, 6) is -0.300. The highest BCUT2D eigenvalue weighted by Crippen LogP contribution is 2.26. The van der Waals surface area contributed by atoms with E-state index in [9.17, 15) is 14.4 Å². The van der Waals surface area contributed by atoms with Crippen molar-refractivity contribution in [1.29, 1.82) is 0 Å². The maximum absolute atomic E-state index is 12.4. The van der Waals surface area contributed by atoms with E-state index in [4.69, 9.17) is 19.1 Å². The molecule has 4 aromatic rings. The van der Waals surface area contributed by atoms with Crippen molar-refractivity contribution in [3.63, 3.8) is 0 Å². The van der Waals surface area contributed by atoms with Gasteiger partial charge in [-0.15, -0.1) is 4.74 Å². The van der Waals surface area contributed by atoms with Crippen LogP contribution in [0.5, 0.6) is 5.75 Å². The van der Waals surface area contributed by atoms with Crippen molar-refractivity contribution in [3.05, 3.63) is 110 Å². The third-order valence-corrected chi connectivity index (χ3v) is 5.78. The van der Waals surface area contributed by atoms with E-state index < -0.39 is 11.4 Å². The number of nitrogens with zero attached hydrogens (tertiary/aromatic N) is 1. The molecule has 4 rings (SSSR count). The highest BCUT2D eigenvalue weighted by atomic mass is 16.5. The number of H-pyrrole nitrogens is 1. The largest absolute Gasteiger partial charge is 0.489 e. The molecule has 10 heteroatoms. The van der Waals surface area contributed by atoms with Crippen LogP contribution in [0.4, 0.5) is 0 Å². The summed E-state index contributed by atoms with van der Waals surface area (Å²) >= 11 is 0. The quantitative estimate of drug-likeness (QED) is 0.245. The first kappa shape index (κ1) is 26.6. The van der Waals surface area contributed by atoms with Crippen LogP contribution < -0.4 is 21.5 Å². The van der Waals surface area contributed by atoms with Gasteiger partial charge in [0, 0.05) is 12.1 Å². The van der Waals surface area contributed by atoms with E-state index in [1.54, 1.807) is 30.3 Å². The molecule has 0 aliphatic carbocycles. The summed E-state index contributed by atoms with van der Waals surface area (Å²) in [5.41, 5.74) is 4.75. The number of nitrogens with one attached hydrogen (secondary N) is 2. The lowest BCUT2D eigenvalue weighted by atomic mass is 9.97. The van der Waals surface area contributed by atoms with Gasteiger partial charge in [0.2, 0.25) is 0 Å². The van der Waals surface area contributed by atoms with Crippen LogP contribution in [-0.4, -0.2) is 47.1 Å². The number of aromatic amines is 1. The number of carbonyl (C=O) groups is 1. The van der Waals surface area contributed by atoms with Gasteiger partial charge in [0.25, 0.3) is 5.91 Å². The lowest BCUT2D eigenvalue weighted by molar-refractivity contribution is 0.0838. The molecule has 0 bridgehead atoms. The molecule has 0 saturated carbocycles. The van der Waals surface area contributed by atoms with E-state index in [0.717, 1.165) is 32.6 Å². The predicted molar refractivity (Wildman–Crippen MR) is 140 cm³/mol. The Bertz CT molecular complexity index is 1490.